The van der Waals surface area contributed by atoms with Gasteiger partial charge in [0.05, 0.1) is 13.7 Å². The van der Waals surface area contributed by atoms with E-state index in [1.54, 1.807) is 7.11 Å². The van der Waals surface area contributed by atoms with E-state index in [0.29, 0.717) is 13.2 Å². The number of nitrogens with one attached hydrogen (secondary N) is 2. The number of hydrogen-bond acceptors (Lipinski definition) is 4. The Morgan fingerprint density at radius 3 is 2.72 bits per heavy atom. The van der Waals surface area contributed by atoms with Crippen molar-refractivity contribution in [2.75, 3.05) is 13.7 Å². The van der Waals surface area contributed by atoms with Crippen LogP contribution >= 0.6 is 0 Å². The van der Waals surface area contributed by atoms with Gasteiger partial charge in [0.2, 0.25) is 0 Å². The summed E-state index contributed by atoms with van der Waals surface area (Å²) in [5.41, 5.74) is 2.91. The van der Waals surface area contributed by atoms with Crippen LogP contribution in [0.4, 0.5) is 0 Å². The van der Waals surface area contributed by atoms with Gasteiger partial charge in [-0.2, -0.15) is 0 Å². The highest BCUT2D eigenvalue weighted by Crippen LogP contribution is 2.28. The first-order valence-corrected chi connectivity index (χ1v) is 8.32. The third kappa shape index (κ3) is 3.83. The van der Waals surface area contributed by atoms with Crippen molar-refractivity contribution in [2.45, 2.75) is 19.5 Å². The number of aromatic nitrogens is 1. The van der Waals surface area contributed by atoms with Gasteiger partial charge in [-0.3, -0.25) is 5.32 Å². The lowest BCUT2D eigenvalue weighted by Crippen LogP contribution is -2.29. The number of methoxy groups -OCH3 is 1. The van der Waals surface area contributed by atoms with Crippen molar-refractivity contribution in [3.8, 4) is 5.75 Å². The molecule has 0 amide bonds. The fraction of sp³-hybridized carbons (Fsp3) is 0.250. The van der Waals surface area contributed by atoms with Crippen LogP contribution in [0.2, 0.25) is 0 Å². The molecule has 1 unspecified atom stereocenters. The number of esters is 1. The molecule has 0 saturated heterocycles. The number of rotatable bonds is 7. The fourth-order valence-corrected chi connectivity index (χ4v) is 2.85. The standard InChI is InChI=1S/C20H22N2O3/c1-3-25-20(23)19(22-12-14-7-5-4-6-8-14)17-13-21-18-10-9-15(24-2)11-16(17)18/h4-11,13,19,21-22H,3,12H2,1-2H3. The normalized spacial score (nSPS) is 12.1. The highest BCUT2D eigenvalue weighted by Gasteiger charge is 2.24. The molecule has 3 aromatic rings. The van der Waals surface area contributed by atoms with Crippen molar-refractivity contribution >= 4 is 16.9 Å². The van der Waals surface area contributed by atoms with Crippen LogP contribution < -0.4 is 10.1 Å². The van der Waals surface area contributed by atoms with Crippen LogP contribution in [0.1, 0.15) is 24.1 Å². The van der Waals surface area contributed by atoms with Gasteiger partial charge in [0.15, 0.2) is 0 Å². The second-order valence-corrected chi connectivity index (χ2v) is 5.71. The van der Waals surface area contributed by atoms with E-state index in [4.69, 9.17) is 9.47 Å². The molecule has 1 atom stereocenters. The van der Waals surface area contributed by atoms with Gasteiger partial charge in [0.1, 0.15) is 11.8 Å². The average Bonchev–Trinajstić information content (AvgIpc) is 3.06. The maximum Gasteiger partial charge on any atom is 0.327 e. The van der Waals surface area contributed by atoms with Crippen molar-refractivity contribution < 1.29 is 14.3 Å². The van der Waals surface area contributed by atoms with Crippen molar-refractivity contribution in [1.29, 1.82) is 0 Å². The Kier molecular flexibility index (Phi) is 5.36. The van der Waals surface area contributed by atoms with E-state index < -0.39 is 6.04 Å². The molecular weight excluding hydrogens is 316 g/mol. The van der Waals surface area contributed by atoms with Gasteiger partial charge >= 0.3 is 5.97 Å². The first-order valence-electron chi connectivity index (χ1n) is 8.32. The SMILES string of the molecule is CCOC(=O)C(NCc1ccccc1)c1c[nH]c2ccc(OC)cc12. The van der Waals surface area contributed by atoms with E-state index in [9.17, 15) is 4.79 Å². The van der Waals surface area contributed by atoms with Crippen LogP contribution in [-0.2, 0) is 16.1 Å². The number of H-pyrrole nitrogens is 1. The Morgan fingerprint density at radius 1 is 1.20 bits per heavy atom. The maximum absolute atomic E-state index is 12.5. The molecule has 5 nitrogen and oxygen atoms in total. The minimum absolute atomic E-state index is 0.290. The predicted molar refractivity (Wildman–Crippen MR) is 97.5 cm³/mol. The average molecular weight is 338 g/mol. The lowest BCUT2D eigenvalue weighted by Gasteiger charge is -2.17. The molecule has 130 valence electrons. The second-order valence-electron chi connectivity index (χ2n) is 5.71. The first kappa shape index (κ1) is 17.0. The molecule has 0 fully saturated rings. The van der Waals surface area contributed by atoms with Crippen LogP contribution in [0, 0.1) is 0 Å². The molecule has 25 heavy (non-hydrogen) atoms. The minimum atomic E-state index is -0.555. The van der Waals surface area contributed by atoms with Gasteiger partial charge in [-0.05, 0) is 30.7 Å². The molecule has 3 rings (SSSR count). The molecule has 0 saturated carbocycles. The highest BCUT2D eigenvalue weighted by atomic mass is 16.5. The summed E-state index contributed by atoms with van der Waals surface area (Å²) in [7, 11) is 1.63. The van der Waals surface area contributed by atoms with Crippen LogP contribution in [-0.4, -0.2) is 24.7 Å². The van der Waals surface area contributed by atoms with Crippen LogP contribution in [0.15, 0.2) is 54.7 Å². The van der Waals surface area contributed by atoms with Crippen molar-refractivity contribution in [1.82, 2.24) is 10.3 Å². The smallest absolute Gasteiger partial charge is 0.327 e. The molecule has 0 aliphatic carbocycles. The van der Waals surface area contributed by atoms with E-state index in [-0.39, 0.29) is 5.97 Å². The van der Waals surface area contributed by atoms with Gasteiger partial charge in [-0.25, -0.2) is 4.79 Å². The highest BCUT2D eigenvalue weighted by molar-refractivity contribution is 5.90. The molecular formula is C20H22N2O3. The summed E-state index contributed by atoms with van der Waals surface area (Å²) >= 11 is 0. The number of benzene rings is 2. The Balaban J connectivity index is 1.92. The Labute approximate surface area is 147 Å². The Bertz CT molecular complexity index is 843. The molecule has 2 N–H and O–H groups in total. The molecule has 5 heteroatoms. The van der Waals surface area contributed by atoms with Crippen molar-refractivity contribution in [3.63, 3.8) is 0 Å². The largest absolute Gasteiger partial charge is 0.497 e. The van der Waals surface area contributed by atoms with Crippen LogP contribution in [0.3, 0.4) is 0 Å². The van der Waals surface area contributed by atoms with Crippen LogP contribution in [0.5, 0.6) is 5.75 Å². The number of aromatic amines is 1. The Morgan fingerprint density at radius 2 is 2.00 bits per heavy atom. The van der Waals surface area contributed by atoms with E-state index >= 15 is 0 Å². The molecule has 1 aromatic heterocycles. The van der Waals surface area contributed by atoms with E-state index in [1.165, 1.54) is 0 Å². The van der Waals surface area contributed by atoms with E-state index in [1.807, 2.05) is 61.7 Å². The lowest BCUT2D eigenvalue weighted by molar-refractivity contribution is -0.145. The minimum Gasteiger partial charge on any atom is -0.497 e. The van der Waals surface area contributed by atoms with E-state index in [0.717, 1.165) is 27.8 Å². The zero-order chi connectivity index (χ0) is 17.6. The van der Waals surface area contributed by atoms with E-state index in [2.05, 4.69) is 10.3 Å². The topological polar surface area (TPSA) is 63.3 Å². The quantitative estimate of drug-likeness (QED) is 0.647. The summed E-state index contributed by atoms with van der Waals surface area (Å²) in [6, 6.07) is 15.2. The summed E-state index contributed by atoms with van der Waals surface area (Å²) in [6.07, 6.45) is 1.85. The number of carbonyl (C=O) groups excluding carboxylic acids is 1. The zero-order valence-electron chi connectivity index (χ0n) is 14.4. The molecule has 0 spiro atoms. The number of hydrogen-bond donors (Lipinski definition) is 2. The predicted octanol–water partition coefficient (Wildman–Crippen LogP) is 3.57. The van der Waals surface area contributed by atoms with Gasteiger partial charge in [-0.1, -0.05) is 30.3 Å². The first-order chi connectivity index (χ1) is 12.2. The zero-order valence-corrected chi connectivity index (χ0v) is 14.4. The molecule has 0 aliphatic rings. The van der Waals surface area contributed by atoms with Crippen molar-refractivity contribution in [3.05, 3.63) is 65.9 Å². The summed E-state index contributed by atoms with van der Waals surface area (Å²) in [5, 5.41) is 4.26. The summed E-state index contributed by atoms with van der Waals surface area (Å²) < 4.78 is 10.6. The molecule has 0 aliphatic heterocycles. The van der Waals surface area contributed by atoms with Gasteiger partial charge < -0.3 is 14.5 Å². The summed E-state index contributed by atoms with van der Waals surface area (Å²) in [6.45, 7) is 2.72. The second kappa shape index (κ2) is 7.85. The number of carbonyl (C=O) groups is 1. The molecule has 0 bridgehead atoms. The summed E-state index contributed by atoms with van der Waals surface area (Å²) in [5.74, 6) is 0.459. The Hall–Kier alpha value is -2.79. The molecule has 0 radical (unpaired) electrons. The number of ether oxygens (including phenoxy) is 2. The third-order valence-corrected chi connectivity index (χ3v) is 4.11. The molecule has 1 heterocycles. The molecule has 2 aromatic carbocycles. The fourth-order valence-electron chi connectivity index (χ4n) is 2.85. The van der Waals surface area contributed by atoms with Gasteiger partial charge in [0, 0.05) is 29.2 Å². The van der Waals surface area contributed by atoms with Gasteiger partial charge in [0.25, 0.3) is 0 Å². The third-order valence-electron chi connectivity index (χ3n) is 4.11. The maximum atomic E-state index is 12.5. The monoisotopic (exact) mass is 338 g/mol. The van der Waals surface area contributed by atoms with Gasteiger partial charge in [-0.15, -0.1) is 0 Å². The lowest BCUT2D eigenvalue weighted by atomic mass is 10.0. The summed E-state index contributed by atoms with van der Waals surface area (Å²) in [4.78, 5) is 15.7. The number of fused-ring (bicyclic) bond motifs is 1. The van der Waals surface area contributed by atoms with Crippen molar-refractivity contribution in [2.24, 2.45) is 0 Å². The van der Waals surface area contributed by atoms with Crippen LogP contribution in [0.25, 0.3) is 10.9 Å².